The number of amides is 1. The van der Waals surface area contributed by atoms with Gasteiger partial charge in [-0.15, -0.1) is 11.8 Å². The van der Waals surface area contributed by atoms with Crippen molar-refractivity contribution in [3.8, 4) is 5.75 Å². The van der Waals surface area contributed by atoms with E-state index in [1.165, 1.54) is 12.8 Å². The third-order valence-corrected chi connectivity index (χ3v) is 6.01. The molecular formula is C21H25ClN2O2S. The van der Waals surface area contributed by atoms with Crippen LogP contribution in [0.4, 0.5) is 0 Å². The maximum Gasteiger partial charge on any atom is 0.252 e. The van der Waals surface area contributed by atoms with E-state index in [1.54, 1.807) is 24.9 Å². The van der Waals surface area contributed by atoms with Crippen LogP contribution in [0.1, 0.15) is 34.8 Å². The van der Waals surface area contributed by atoms with E-state index >= 15 is 0 Å². The lowest BCUT2D eigenvalue weighted by molar-refractivity contribution is 0.0937. The van der Waals surface area contributed by atoms with Crippen LogP contribution in [0.2, 0.25) is 5.02 Å². The summed E-state index contributed by atoms with van der Waals surface area (Å²) in [6.45, 7) is 2.57. The lowest BCUT2D eigenvalue weighted by Gasteiger charge is -2.29. The summed E-state index contributed by atoms with van der Waals surface area (Å²) in [6, 6.07) is 13.7. The zero-order valence-corrected chi connectivity index (χ0v) is 17.3. The van der Waals surface area contributed by atoms with E-state index < -0.39 is 0 Å². The molecule has 4 nitrogen and oxygen atoms in total. The van der Waals surface area contributed by atoms with Crippen molar-refractivity contribution in [2.45, 2.75) is 23.8 Å². The van der Waals surface area contributed by atoms with Crippen LogP contribution in [0.15, 0.2) is 47.4 Å². The van der Waals surface area contributed by atoms with Gasteiger partial charge in [0.25, 0.3) is 5.91 Å². The smallest absolute Gasteiger partial charge is 0.252 e. The molecule has 1 amide bonds. The second-order valence-corrected chi connectivity index (χ2v) is 7.84. The summed E-state index contributed by atoms with van der Waals surface area (Å²) < 4.78 is 5.56. The number of carbonyl (C=O) groups is 1. The zero-order chi connectivity index (χ0) is 19.2. The van der Waals surface area contributed by atoms with Crippen molar-refractivity contribution in [3.05, 3.63) is 58.6 Å². The highest BCUT2D eigenvalue weighted by atomic mass is 35.5. The van der Waals surface area contributed by atoms with Crippen molar-refractivity contribution in [2.75, 3.05) is 33.0 Å². The molecule has 1 aliphatic rings. The standard InChI is InChI=1S/C21H25ClN2O2S/c1-26-20-8-4-3-7-16(20)19(24-11-5-6-12-24)14-23-21(25)17-13-15(27-2)9-10-18(17)22/h3-4,7-10,13,19H,5-6,11-12,14H2,1-2H3,(H,23,25). The predicted octanol–water partition coefficient (Wildman–Crippen LogP) is 4.64. The van der Waals surface area contributed by atoms with Crippen molar-refractivity contribution in [2.24, 2.45) is 0 Å². The van der Waals surface area contributed by atoms with Gasteiger partial charge in [0.05, 0.1) is 23.7 Å². The minimum absolute atomic E-state index is 0.0788. The highest BCUT2D eigenvalue weighted by Crippen LogP contribution is 2.31. The number of ether oxygens (including phenoxy) is 1. The average Bonchev–Trinajstić information content (AvgIpc) is 3.23. The number of nitrogens with one attached hydrogen (secondary N) is 1. The van der Waals surface area contributed by atoms with Gasteiger partial charge in [0.1, 0.15) is 5.75 Å². The fourth-order valence-corrected chi connectivity index (χ4v) is 4.16. The Bertz CT molecular complexity index is 794. The monoisotopic (exact) mass is 404 g/mol. The van der Waals surface area contributed by atoms with Gasteiger partial charge in [-0.05, 0) is 56.5 Å². The molecule has 144 valence electrons. The van der Waals surface area contributed by atoms with E-state index in [0.717, 1.165) is 29.3 Å². The molecule has 0 radical (unpaired) electrons. The first-order valence-corrected chi connectivity index (χ1v) is 10.7. The second-order valence-electron chi connectivity index (χ2n) is 6.56. The molecule has 3 rings (SSSR count). The molecule has 1 fully saturated rings. The zero-order valence-electron chi connectivity index (χ0n) is 15.7. The summed E-state index contributed by atoms with van der Waals surface area (Å²) in [4.78, 5) is 16.2. The highest BCUT2D eigenvalue weighted by Gasteiger charge is 2.26. The highest BCUT2D eigenvalue weighted by molar-refractivity contribution is 7.98. The molecule has 1 aliphatic heterocycles. The van der Waals surface area contributed by atoms with Crippen molar-refractivity contribution < 1.29 is 9.53 Å². The van der Waals surface area contributed by atoms with Crippen LogP contribution in [-0.4, -0.2) is 43.8 Å². The van der Waals surface area contributed by atoms with Gasteiger partial charge in [-0.25, -0.2) is 0 Å². The fraction of sp³-hybridized carbons (Fsp3) is 0.381. The molecule has 0 aromatic heterocycles. The van der Waals surface area contributed by atoms with Crippen molar-refractivity contribution >= 4 is 29.3 Å². The number of para-hydroxylation sites is 1. The Labute approximate surface area is 170 Å². The molecule has 1 heterocycles. The number of benzene rings is 2. The molecule has 0 aliphatic carbocycles. The van der Waals surface area contributed by atoms with Gasteiger partial charge in [-0.2, -0.15) is 0 Å². The molecule has 0 bridgehead atoms. The SMILES string of the molecule is COc1ccccc1C(CNC(=O)c1cc(SC)ccc1Cl)N1CCCC1. The number of carbonyl (C=O) groups excluding carboxylic acids is 1. The van der Waals surface area contributed by atoms with Gasteiger partial charge >= 0.3 is 0 Å². The van der Waals surface area contributed by atoms with Crippen molar-refractivity contribution in [3.63, 3.8) is 0 Å². The van der Waals surface area contributed by atoms with Crippen LogP contribution >= 0.6 is 23.4 Å². The lowest BCUT2D eigenvalue weighted by atomic mass is 10.0. The second kappa shape index (κ2) is 9.49. The van der Waals surface area contributed by atoms with Gasteiger partial charge in [0.2, 0.25) is 0 Å². The molecule has 2 aromatic rings. The van der Waals surface area contributed by atoms with Gasteiger partial charge in [-0.1, -0.05) is 29.8 Å². The number of hydrogen-bond donors (Lipinski definition) is 1. The number of nitrogens with zero attached hydrogens (tertiary/aromatic N) is 1. The number of thioether (sulfide) groups is 1. The summed E-state index contributed by atoms with van der Waals surface area (Å²) in [5.41, 5.74) is 1.62. The molecular weight excluding hydrogens is 380 g/mol. The van der Waals surface area contributed by atoms with E-state index in [2.05, 4.69) is 16.3 Å². The Hall–Kier alpha value is -1.69. The number of halogens is 1. The molecule has 1 atom stereocenters. The maximum absolute atomic E-state index is 12.8. The lowest BCUT2D eigenvalue weighted by Crippen LogP contribution is -2.37. The topological polar surface area (TPSA) is 41.6 Å². The van der Waals surface area contributed by atoms with Crippen LogP contribution in [0.25, 0.3) is 0 Å². The van der Waals surface area contributed by atoms with E-state index in [4.69, 9.17) is 16.3 Å². The summed E-state index contributed by atoms with van der Waals surface area (Å²) >= 11 is 7.85. The van der Waals surface area contributed by atoms with Crippen molar-refractivity contribution in [1.29, 1.82) is 0 Å². The molecule has 1 saturated heterocycles. The molecule has 1 N–H and O–H groups in total. The third-order valence-electron chi connectivity index (χ3n) is 4.95. The van der Waals surface area contributed by atoms with E-state index in [-0.39, 0.29) is 11.9 Å². The third kappa shape index (κ3) is 4.78. The molecule has 1 unspecified atom stereocenters. The summed E-state index contributed by atoms with van der Waals surface area (Å²) in [5.74, 6) is 0.709. The van der Waals surface area contributed by atoms with Gasteiger partial charge in [0.15, 0.2) is 0 Å². The van der Waals surface area contributed by atoms with E-state index in [1.807, 2.05) is 36.6 Å². The Kier molecular flexibility index (Phi) is 7.05. The molecule has 27 heavy (non-hydrogen) atoms. The van der Waals surface area contributed by atoms with Crippen LogP contribution in [0.3, 0.4) is 0 Å². The van der Waals surface area contributed by atoms with Gasteiger partial charge in [0, 0.05) is 17.0 Å². The van der Waals surface area contributed by atoms with Crippen LogP contribution in [-0.2, 0) is 0 Å². The Morgan fingerprint density at radius 3 is 2.70 bits per heavy atom. The first kappa shape index (κ1) is 20.1. The number of likely N-dealkylation sites (tertiary alicyclic amines) is 1. The van der Waals surface area contributed by atoms with Crippen molar-refractivity contribution in [1.82, 2.24) is 10.2 Å². The van der Waals surface area contributed by atoms with Gasteiger partial charge < -0.3 is 10.1 Å². The Balaban J connectivity index is 1.80. The Morgan fingerprint density at radius 2 is 2.00 bits per heavy atom. The number of hydrogen-bond acceptors (Lipinski definition) is 4. The van der Waals surface area contributed by atoms with Crippen LogP contribution in [0.5, 0.6) is 5.75 Å². The first-order chi connectivity index (χ1) is 13.1. The summed E-state index contributed by atoms with van der Waals surface area (Å²) in [5, 5.41) is 3.56. The molecule has 6 heteroatoms. The first-order valence-electron chi connectivity index (χ1n) is 9.12. The van der Waals surface area contributed by atoms with Crippen LogP contribution < -0.4 is 10.1 Å². The molecule has 0 spiro atoms. The minimum atomic E-state index is -0.144. The quantitative estimate of drug-likeness (QED) is 0.682. The normalized spacial score (nSPS) is 15.5. The summed E-state index contributed by atoms with van der Waals surface area (Å²) in [6.07, 6.45) is 4.35. The average molecular weight is 405 g/mol. The minimum Gasteiger partial charge on any atom is -0.496 e. The van der Waals surface area contributed by atoms with E-state index in [0.29, 0.717) is 17.1 Å². The summed E-state index contributed by atoms with van der Waals surface area (Å²) in [7, 11) is 1.69. The van der Waals surface area contributed by atoms with Crippen LogP contribution in [0, 0.1) is 0 Å². The molecule has 0 saturated carbocycles. The maximum atomic E-state index is 12.8. The number of methoxy groups -OCH3 is 1. The number of rotatable bonds is 7. The fourth-order valence-electron chi connectivity index (χ4n) is 3.52. The Morgan fingerprint density at radius 1 is 1.26 bits per heavy atom. The predicted molar refractivity (Wildman–Crippen MR) is 112 cm³/mol. The van der Waals surface area contributed by atoms with E-state index in [9.17, 15) is 4.79 Å². The molecule has 2 aromatic carbocycles. The van der Waals surface area contributed by atoms with Gasteiger partial charge in [-0.3, -0.25) is 9.69 Å². The largest absolute Gasteiger partial charge is 0.496 e.